The number of likely N-dealkylation sites (tertiary alicyclic amines) is 1. The van der Waals surface area contributed by atoms with E-state index in [1.165, 1.54) is 24.8 Å². The molecule has 0 aromatic heterocycles. The van der Waals surface area contributed by atoms with E-state index >= 15 is 0 Å². The number of hydrogen-bond donors (Lipinski definition) is 3. The molecule has 3 atom stereocenters. The van der Waals surface area contributed by atoms with Gasteiger partial charge >= 0.3 is 18.2 Å². The third-order valence-corrected chi connectivity index (χ3v) is 8.56. The number of fused-ring (bicyclic) bond motifs is 1. The first-order chi connectivity index (χ1) is 19.9. The number of nitrogens with one attached hydrogen (secondary N) is 2. The Morgan fingerprint density at radius 1 is 1.00 bits per heavy atom. The van der Waals surface area contributed by atoms with Crippen LogP contribution in [0, 0.1) is 11.6 Å². The zero-order chi connectivity index (χ0) is 30.7. The number of nitrogens with zero attached hydrogens (tertiary/aromatic N) is 1. The van der Waals surface area contributed by atoms with Crippen LogP contribution in [0.1, 0.15) is 50.5 Å². The van der Waals surface area contributed by atoms with E-state index in [1.54, 1.807) is 14.2 Å². The number of carbonyl (C=O) groups is 2. The maximum atomic E-state index is 14.0. The van der Waals surface area contributed by atoms with Crippen molar-refractivity contribution in [1.82, 2.24) is 10.2 Å². The van der Waals surface area contributed by atoms with Crippen molar-refractivity contribution in [3.63, 3.8) is 0 Å². The van der Waals surface area contributed by atoms with Crippen LogP contribution in [0.15, 0.2) is 36.4 Å². The second kappa shape index (κ2) is 12.7. The smallest absolute Gasteiger partial charge is 0.490 e. The molecule has 3 N–H and O–H groups in total. The molecule has 8 nitrogen and oxygen atoms in total. The molecule has 3 unspecified atom stereocenters. The third kappa shape index (κ3) is 6.71. The fourth-order valence-corrected chi connectivity index (χ4v) is 6.29. The summed E-state index contributed by atoms with van der Waals surface area (Å²) in [4.78, 5) is 24.2. The molecule has 5 rings (SSSR count). The van der Waals surface area contributed by atoms with Crippen LogP contribution in [-0.2, 0) is 10.2 Å². The quantitative estimate of drug-likeness (QED) is 0.360. The summed E-state index contributed by atoms with van der Waals surface area (Å²) >= 11 is 0. The van der Waals surface area contributed by atoms with Crippen molar-refractivity contribution >= 4 is 17.7 Å². The Balaban J connectivity index is 0.000000517. The van der Waals surface area contributed by atoms with Crippen molar-refractivity contribution in [2.24, 2.45) is 0 Å². The molecule has 0 bridgehead atoms. The predicted molar refractivity (Wildman–Crippen MR) is 144 cm³/mol. The lowest BCUT2D eigenvalue weighted by molar-refractivity contribution is -0.192. The number of halogens is 5. The number of ether oxygens (including phenoxy) is 2. The van der Waals surface area contributed by atoms with Gasteiger partial charge in [0.2, 0.25) is 0 Å². The highest BCUT2D eigenvalue weighted by Crippen LogP contribution is 2.52. The number of hydrogen-bond acceptors (Lipinski definition) is 5. The van der Waals surface area contributed by atoms with E-state index in [0.29, 0.717) is 6.04 Å². The van der Waals surface area contributed by atoms with Crippen LogP contribution in [0.4, 0.5) is 32.4 Å². The summed E-state index contributed by atoms with van der Waals surface area (Å²) in [6.45, 7) is 1.04. The molecule has 2 saturated carbocycles. The van der Waals surface area contributed by atoms with E-state index in [0.717, 1.165) is 61.9 Å². The Hall–Kier alpha value is -3.61. The number of urea groups is 1. The van der Waals surface area contributed by atoms with Crippen molar-refractivity contribution in [2.75, 3.05) is 26.1 Å². The van der Waals surface area contributed by atoms with Gasteiger partial charge in [-0.3, -0.25) is 4.90 Å². The number of anilines is 1. The maximum Gasteiger partial charge on any atom is 0.490 e. The summed E-state index contributed by atoms with van der Waals surface area (Å²) in [7, 11) is 3.30. The summed E-state index contributed by atoms with van der Waals surface area (Å²) in [6.07, 6.45) is 2.23. The van der Waals surface area contributed by atoms with Crippen LogP contribution in [-0.4, -0.2) is 67.1 Å². The Morgan fingerprint density at radius 3 is 2.29 bits per heavy atom. The van der Waals surface area contributed by atoms with Gasteiger partial charge < -0.3 is 25.2 Å². The van der Waals surface area contributed by atoms with E-state index < -0.39 is 29.8 Å². The number of methoxy groups -OCH3 is 2. The first-order valence-corrected chi connectivity index (χ1v) is 13.7. The van der Waals surface area contributed by atoms with E-state index in [2.05, 4.69) is 27.7 Å². The van der Waals surface area contributed by atoms with Gasteiger partial charge in [-0.15, -0.1) is 0 Å². The van der Waals surface area contributed by atoms with Gasteiger partial charge in [0.25, 0.3) is 0 Å². The molecule has 0 spiro atoms. The van der Waals surface area contributed by atoms with Crippen molar-refractivity contribution < 1.29 is 46.1 Å². The summed E-state index contributed by atoms with van der Waals surface area (Å²) in [5, 5.41) is 12.6. The highest BCUT2D eigenvalue weighted by atomic mass is 19.4. The normalized spacial score (nSPS) is 24.0. The lowest BCUT2D eigenvalue weighted by atomic mass is 9.64. The van der Waals surface area contributed by atoms with Gasteiger partial charge in [-0.2, -0.15) is 13.2 Å². The molecular formula is C29H34F5N3O5. The average Bonchev–Trinajstić information content (AvgIpc) is 3.28. The van der Waals surface area contributed by atoms with E-state index in [-0.39, 0.29) is 23.2 Å². The molecule has 1 heterocycles. The molecule has 13 heteroatoms. The number of amides is 2. The second-order valence-electron chi connectivity index (χ2n) is 10.8. The lowest BCUT2D eigenvalue weighted by Gasteiger charge is -2.48. The Bertz CT molecular complexity index is 1290. The van der Waals surface area contributed by atoms with Gasteiger partial charge in [0, 0.05) is 29.6 Å². The molecule has 1 aliphatic heterocycles. The lowest BCUT2D eigenvalue weighted by Crippen LogP contribution is -2.55. The second-order valence-corrected chi connectivity index (χ2v) is 10.8. The number of alkyl halides is 3. The maximum absolute atomic E-state index is 14.0. The minimum atomic E-state index is -5.08. The van der Waals surface area contributed by atoms with E-state index in [4.69, 9.17) is 19.4 Å². The highest BCUT2D eigenvalue weighted by Gasteiger charge is 2.53. The van der Waals surface area contributed by atoms with Crippen LogP contribution in [0.2, 0.25) is 0 Å². The van der Waals surface area contributed by atoms with Crippen LogP contribution in [0.3, 0.4) is 0 Å². The van der Waals surface area contributed by atoms with Crippen molar-refractivity contribution in [3.05, 3.63) is 53.6 Å². The van der Waals surface area contributed by atoms with Gasteiger partial charge in [0.05, 0.1) is 19.9 Å². The van der Waals surface area contributed by atoms with Gasteiger partial charge in [0.1, 0.15) is 11.6 Å². The molecule has 2 aliphatic carbocycles. The van der Waals surface area contributed by atoms with Crippen LogP contribution in [0.5, 0.6) is 11.5 Å². The number of carboxylic acids is 1. The molecule has 1 saturated heterocycles. The van der Waals surface area contributed by atoms with E-state index in [1.807, 2.05) is 6.07 Å². The van der Waals surface area contributed by atoms with Crippen LogP contribution < -0.4 is 20.1 Å². The molecule has 3 aliphatic rings. The third-order valence-electron chi connectivity index (χ3n) is 8.56. The number of rotatable bonds is 6. The minimum absolute atomic E-state index is 0.0154. The molecule has 2 amide bonds. The first kappa shape index (κ1) is 31.3. The number of benzene rings is 2. The summed E-state index contributed by atoms with van der Waals surface area (Å²) in [5.41, 5.74) is 1.08. The van der Waals surface area contributed by atoms with Crippen LogP contribution in [0.25, 0.3) is 0 Å². The number of aliphatic carboxylic acids is 1. The number of carbonyl (C=O) groups excluding carboxylic acids is 1. The Morgan fingerprint density at radius 2 is 1.69 bits per heavy atom. The monoisotopic (exact) mass is 599 g/mol. The summed E-state index contributed by atoms with van der Waals surface area (Å²) in [5.74, 6) is -2.56. The van der Waals surface area contributed by atoms with Crippen molar-refractivity contribution in [2.45, 2.75) is 74.7 Å². The molecule has 3 fully saturated rings. The fraction of sp³-hybridized carbons (Fsp3) is 0.517. The highest BCUT2D eigenvalue weighted by molar-refractivity contribution is 5.89. The zero-order valence-corrected chi connectivity index (χ0v) is 23.3. The molecule has 2 aromatic rings. The Kier molecular flexibility index (Phi) is 9.49. The summed E-state index contributed by atoms with van der Waals surface area (Å²) in [6, 6.07) is 9.61. The molecule has 42 heavy (non-hydrogen) atoms. The van der Waals surface area contributed by atoms with Gasteiger partial charge in [-0.25, -0.2) is 18.4 Å². The minimum Gasteiger partial charge on any atom is -0.493 e. The zero-order valence-electron chi connectivity index (χ0n) is 23.3. The topological polar surface area (TPSA) is 100 Å². The predicted octanol–water partition coefficient (Wildman–Crippen LogP) is 5.85. The fourth-order valence-electron chi connectivity index (χ4n) is 6.29. The van der Waals surface area contributed by atoms with Gasteiger partial charge in [0.15, 0.2) is 11.5 Å². The van der Waals surface area contributed by atoms with Gasteiger partial charge in [-0.1, -0.05) is 12.5 Å². The van der Waals surface area contributed by atoms with Crippen molar-refractivity contribution in [1.29, 1.82) is 0 Å². The molecule has 230 valence electrons. The SMILES string of the molecule is COc1ccc(C23CCC(NC(=O)Nc4cc(F)ccc4F)CC2N(C2CCC2)CC3)cc1OC.O=C(O)C(F)(F)F. The Labute approximate surface area is 240 Å². The van der Waals surface area contributed by atoms with Crippen LogP contribution >= 0.6 is 0 Å². The number of carboxylic acid groups (broad SMARTS) is 1. The largest absolute Gasteiger partial charge is 0.493 e. The van der Waals surface area contributed by atoms with E-state index in [9.17, 15) is 26.7 Å². The molecule has 2 aromatic carbocycles. The average molecular weight is 600 g/mol. The summed E-state index contributed by atoms with van der Waals surface area (Å²) < 4.78 is 70.3. The standard InChI is InChI=1S/C27H33F2N3O3.C2HF3O2/c1-34-23-9-6-17(14-24(23)35-2)27-11-10-19(16-25(27)32(13-12-27)20-4-3-5-20)30-26(33)31-22-15-18(28)7-8-21(22)29;3-2(4,5)1(6)7/h6-9,14-15,19-20,25H,3-5,10-13,16H2,1-2H3,(H2,30,31,33);(H,6,7). The first-order valence-electron chi connectivity index (χ1n) is 13.7. The molecular weight excluding hydrogens is 565 g/mol. The van der Waals surface area contributed by atoms with Crippen molar-refractivity contribution in [3.8, 4) is 11.5 Å². The molecule has 0 radical (unpaired) electrons. The van der Waals surface area contributed by atoms with Gasteiger partial charge in [-0.05, 0) is 74.9 Å².